The quantitative estimate of drug-likeness (QED) is 0.843. The SMILES string of the molecule is CC(N)C(c1cccs1)N1CCC(O)CC1. The molecule has 1 aromatic heterocycles. The van der Waals surface area contributed by atoms with E-state index in [1.807, 2.05) is 0 Å². The van der Waals surface area contributed by atoms with E-state index in [4.69, 9.17) is 5.73 Å². The number of nitrogens with two attached hydrogens (primary N) is 1. The highest BCUT2D eigenvalue weighted by Crippen LogP contribution is 2.29. The number of aliphatic hydroxyl groups is 1. The maximum atomic E-state index is 9.52. The normalized spacial score (nSPS) is 23.2. The Morgan fingerprint density at radius 2 is 2.19 bits per heavy atom. The number of nitrogens with zero attached hydrogens (tertiary/aromatic N) is 1. The first kappa shape index (κ1) is 12.0. The van der Waals surface area contributed by atoms with Gasteiger partial charge in [0.2, 0.25) is 0 Å². The van der Waals surface area contributed by atoms with Gasteiger partial charge in [-0.25, -0.2) is 0 Å². The lowest BCUT2D eigenvalue weighted by atomic mass is 10.0. The average Bonchev–Trinajstić information content (AvgIpc) is 2.74. The third kappa shape index (κ3) is 2.63. The third-order valence-corrected chi connectivity index (χ3v) is 4.17. The van der Waals surface area contributed by atoms with Gasteiger partial charge in [-0.2, -0.15) is 0 Å². The molecule has 2 rings (SSSR count). The van der Waals surface area contributed by atoms with Crippen LogP contribution in [0.5, 0.6) is 0 Å². The van der Waals surface area contributed by atoms with E-state index in [9.17, 15) is 5.11 Å². The molecule has 1 aromatic rings. The van der Waals surface area contributed by atoms with Gasteiger partial charge in [-0.3, -0.25) is 4.90 Å². The lowest BCUT2D eigenvalue weighted by Crippen LogP contribution is -2.44. The van der Waals surface area contributed by atoms with E-state index in [1.54, 1.807) is 11.3 Å². The van der Waals surface area contributed by atoms with Gasteiger partial charge in [0, 0.05) is 24.0 Å². The first-order chi connectivity index (χ1) is 7.68. The van der Waals surface area contributed by atoms with E-state index in [2.05, 4.69) is 29.3 Å². The Morgan fingerprint density at radius 3 is 2.69 bits per heavy atom. The first-order valence-electron chi connectivity index (χ1n) is 5.89. The molecule has 0 amide bonds. The molecule has 4 heteroatoms. The van der Waals surface area contributed by atoms with Crippen LogP contribution in [0.2, 0.25) is 0 Å². The van der Waals surface area contributed by atoms with Crippen LogP contribution < -0.4 is 5.73 Å². The van der Waals surface area contributed by atoms with Crippen LogP contribution in [0.25, 0.3) is 0 Å². The third-order valence-electron chi connectivity index (χ3n) is 3.23. The lowest BCUT2D eigenvalue weighted by molar-refractivity contribution is 0.0558. The van der Waals surface area contributed by atoms with E-state index in [0.29, 0.717) is 6.04 Å². The number of piperidine rings is 1. The second-order valence-electron chi connectivity index (χ2n) is 4.59. The largest absolute Gasteiger partial charge is 0.393 e. The minimum absolute atomic E-state index is 0.117. The van der Waals surface area contributed by atoms with Crippen molar-refractivity contribution in [2.75, 3.05) is 13.1 Å². The van der Waals surface area contributed by atoms with E-state index in [0.717, 1.165) is 25.9 Å². The van der Waals surface area contributed by atoms with E-state index >= 15 is 0 Å². The molecule has 0 bridgehead atoms. The van der Waals surface area contributed by atoms with E-state index in [-0.39, 0.29) is 12.1 Å². The number of hydrogen-bond acceptors (Lipinski definition) is 4. The lowest BCUT2D eigenvalue weighted by Gasteiger charge is -2.37. The molecule has 1 saturated heterocycles. The van der Waals surface area contributed by atoms with Crippen molar-refractivity contribution < 1.29 is 5.11 Å². The molecule has 0 spiro atoms. The fourth-order valence-corrected chi connectivity index (χ4v) is 3.37. The fourth-order valence-electron chi connectivity index (χ4n) is 2.40. The molecule has 0 aromatic carbocycles. The summed E-state index contributed by atoms with van der Waals surface area (Å²) in [6.45, 7) is 3.96. The molecule has 1 aliphatic rings. The predicted molar refractivity (Wildman–Crippen MR) is 67.5 cm³/mol. The van der Waals surface area contributed by atoms with Gasteiger partial charge in [-0.15, -0.1) is 11.3 Å². The van der Waals surface area contributed by atoms with E-state index < -0.39 is 0 Å². The van der Waals surface area contributed by atoms with Crippen LogP contribution in [-0.2, 0) is 0 Å². The van der Waals surface area contributed by atoms with Crippen molar-refractivity contribution in [3.05, 3.63) is 22.4 Å². The highest BCUT2D eigenvalue weighted by atomic mass is 32.1. The Hall–Kier alpha value is -0.420. The molecular formula is C12H20N2OS. The molecule has 3 N–H and O–H groups in total. The second kappa shape index (κ2) is 5.27. The zero-order chi connectivity index (χ0) is 11.5. The Morgan fingerprint density at radius 1 is 1.50 bits per heavy atom. The van der Waals surface area contributed by atoms with Crippen molar-refractivity contribution >= 4 is 11.3 Å². The molecule has 1 fully saturated rings. The summed E-state index contributed by atoms with van der Waals surface area (Å²) in [7, 11) is 0. The average molecular weight is 240 g/mol. The van der Waals surface area contributed by atoms with Crippen LogP contribution in [0.15, 0.2) is 17.5 Å². The molecular weight excluding hydrogens is 220 g/mol. The molecule has 2 unspecified atom stereocenters. The molecule has 1 aliphatic heterocycles. The van der Waals surface area contributed by atoms with Crippen molar-refractivity contribution in [2.45, 2.75) is 38.0 Å². The molecule has 2 heterocycles. The van der Waals surface area contributed by atoms with Gasteiger partial charge >= 0.3 is 0 Å². The summed E-state index contributed by atoms with van der Waals surface area (Å²) in [5, 5.41) is 11.6. The molecule has 0 radical (unpaired) electrons. The molecule has 2 atom stereocenters. The number of thiophene rings is 1. The number of rotatable bonds is 3. The predicted octanol–water partition coefficient (Wildman–Crippen LogP) is 1.59. The van der Waals surface area contributed by atoms with E-state index in [1.165, 1.54) is 4.88 Å². The highest BCUT2D eigenvalue weighted by Gasteiger charge is 2.28. The summed E-state index contributed by atoms with van der Waals surface area (Å²) in [5.41, 5.74) is 6.10. The molecule has 16 heavy (non-hydrogen) atoms. The number of aliphatic hydroxyl groups excluding tert-OH is 1. The van der Waals surface area contributed by atoms with Gasteiger partial charge < -0.3 is 10.8 Å². The Labute approximate surface area is 101 Å². The van der Waals surface area contributed by atoms with Gasteiger partial charge in [-0.1, -0.05) is 6.07 Å². The van der Waals surface area contributed by atoms with Crippen LogP contribution in [0, 0.1) is 0 Å². The zero-order valence-electron chi connectivity index (χ0n) is 9.67. The summed E-state index contributed by atoms with van der Waals surface area (Å²) in [6.07, 6.45) is 1.62. The highest BCUT2D eigenvalue weighted by molar-refractivity contribution is 7.10. The summed E-state index contributed by atoms with van der Waals surface area (Å²) in [6, 6.07) is 4.68. The van der Waals surface area contributed by atoms with Gasteiger partial charge in [0.25, 0.3) is 0 Å². The Balaban J connectivity index is 2.08. The van der Waals surface area contributed by atoms with Gasteiger partial charge in [0.05, 0.1) is 12.1 Å². The van der Waals surface area contributed by atoms with Crippen molar-refractivity contribution in [2.24, 2.45) is 5.73 Å². The van der Waals surface area contributed by atoms with Gasteiger partial charge in [0.15, 0.2) is 0 Å². The Kier molecular flexibility index (Phi) is 3.97. The van der Waals surface area contributed by atoms with Crippen molar-refractivity contribution in [3.8, 4) is 0 Å². The summed E-state index contributed by atoms with van der Waals surface area (Å²) in [5.74, 6) is 0. The molecule has 0 aliphatic carbocycles. The van der Waals surface area contributed by atoms with Crippen LogP contribution >= 0.6 is 11.3 Å². The fraction of sp³-hybridized carbons (Fsp3) is 0.667. The second-order valence-corrected chi connectivity index (χ2v) is 5.57. The zero-order valence-corrected chi connectivity index (χ0v) is 10.5. The first-order valence-corrected chi connectivity index (χ1v) is 6.77. The van der Waals surface area contributed by atoms with Crippen LogP contribution in [0.3, 0.4) is 0 Å². The monoisotopic (exact) mass is 240 g/mol. The van der Waals surface area contributed by atoms with Crippen LogP contribution in [-0.4, -0.2) is 35.2 Å². The molecule has 0 saturated carbocycles. The van der Waals surface area contributed by atoms with Crippen molar-refractivity contribution in [1.82, 2.24) is 4.90 Å². The number of hydrogen-bond donors (Lipinski definition) is 2. The van der Waals surface area contributed by atoms with Crippen LogP contribution in [0.1, 0.15) is 30.7 Å². The number of likely N-dealkylation sites (tertiary alicyclic amines) is 1. The maximum Gasteiger partial charge on any atom is 0.0590 e. The smallest absolute Gasteiger partial charge is 0.0590 e. The molecule has 90 valence electrons. The topological polar surface area (TPSA) is 49.5 Å². The van der Waals surface area contributed by atoms with Gasteiger partial charge in [0.1, 0.15) is 0 Å². The maximum absolute atomic E-state index is 9.52. The standard InChI is InChI=1S/C12H20N2OS/c1-9(13)12(11-3-2-8-16-11)14-6-4-10(15)5-7-14/h2-3,8-10,12,15H,4-7,13H2,1H3. The van der Waals surface area contributed by atoms with Gasteiger partial charge in [-0.05, 0) is 31.2 Å². The summed E-state index contributed by atoms with van der Waals surface area (Å²) >= 11 is 1.77. The van der Waals surface area contributed by atoms with Crippen molar-refractivity contribution in [1.29, 1.82) is 0 Å². The summed E-state index contributed by atoms with van der Waals surface area (Å²) in [4.78, 5) is 3.75. The summed E-state index contributed by atoms with van der Waals surface area (Å²) < 4.78 is 0. The minimum atomic E-state index is -0.117. The Bertz CT molecular complexity index is 305. The molecule has 3 nitrogen and oxygen atoms in total. The minimum Gasteiger partial charge on any atom is -0.393 e. The van der Waals surface area contributed by atoms with Crippen LogP contribution in [0.4, 0.5) is 0 Å². The van der Waals surface area contributed by atoms with Crippen molar-refractivity contribution in [3.63, 3.8) is 0 Å².